The third-order valence-corrected chi connectivity index (χ3v) is 6.17. The minimum Gasteiger partial charge on any atom is -0.324 e. The van der Waals surface area contributed by atoms with E-state index in [1.54, 1.807) is 19.3 Å². The summed E-state index contributed by atoms with van der Waals surface area (Å²) in [7, 11) is -1.93. The van der Waals surface area contributed by atoms with Crippen molar-refractivity contribution in [3.05, 3.63) is 40.6 Å². The van der Waals surface area contributed by atoms with Gasteiger partial charge in [-0.15, -0.1) is 0 Å². The normalized spacial score (nSPS) is 16.8. The number of aromatic nitrogens is 4. The topological polar surface area (TPSA) is 90.1 Å². The largest absolute Gasteiger partial charge is 0.324 e. The monoisotopic (exact) mass is 365 g/mol. The highest BCUT2D eigenvalue weighted by Gasteiger charge is 2.39. The van der Waals surface area contributed by atoms with Crippen LogP contribution in [0.4, 0.5) is 0 Å². The lowest BCUT2D eigenvalue weighted by atomic mass is 9.92. The molecule has 2 aromatic rings. The molecule has 1 aliphatic rings. The van der Waals surface area contributed by atoms with Gasteiger partial charge in [-0.1, -0.05) is 20.8 Å². The second-order valence-corrected chi connectivity index (χ2v) is 9.33. The Morgan fingerprint density at radius 1 is 1.24 bits per heavy atom. The van der Waals surface area contributed by atoms with Gasteiger partial charge in [-0.05, 0) is 6.07 Å². The van der Waals surface area contributed by atoms with Crippen LogP contribution in [0.15, 0.2) is 34.5 Å². The van der Waals surface area contributed by atoms with E-state index in [-0.39, 0.29) is 22.0 Å². The van der Waals surface area contributed by atoms with Gasteiger partial charge in [0.2, 0.25) is 5.16 Å². The lowest BCUT2D eigenvalue weighted by Crippen LogP contribution is -2.52. The van der Waals surface area contributed by atoms with Crippen LogP contribution < -0.4 is 5.56 Å². The Balaban J connectivity index is 1.71. The van der Waals surface area contributed by atoms with E-state index in [9.17, 15) is 13.2 Å². The molecule has 0 unspecified atom stereocenters. The van der Waals surface area contributed by atoms with Crippen molar-refractivity contribution in [2.45, 2.75) is 37.9 Å². The van der Waals surface area contributed by atoms with Crippen LogP contribution in [-0.2, 0) is 29.0 Å². The van der Waals surface area contributed by atoms with Crippen molar-refractivity contribution in [2.24, 2.45) is 13.0 Å². The van der Waals surface area contributed by atoms with Crippen molar-refractivity contribution in [2.75, 3.05) is 13.1 Å². The molecule has 8 nitrogen and oxygen atoms in total. The summed E-state index contributed by atoms with van der Waals surface area (Å²) >= 11 is 0. The summed E-state index contributed by atoms with van der Waals surface area (Å²) in [6.07, 6.45) is 3.07. The van der Waals surface area contributed by atoms with Gasteiger partial charge in [0, 0.05) is 49.9 Å². The summed E-state index contributed by atoms with van der Waals surface area (Å²) in [5, 5.41) is 4.47. The lowest BCUT2D eigenvalue weighted by Gasteiger charge is -2.37. The summed E-state index contributed by atoms with van der Waals surface area (Å²) in [4.78, 5) is 16.0. The van der Waals surface area contributed by atoms with Gasteiger partial charge in [0.05, 0.1) is 12.2 Å². The highest BCUT2D eigenvalue weighted by molar-refractivity contribution is 7.89. The van der Waals surface area contributed by atoms with Crippen molar-refractivity contribution < 1.29 is 8.42 Å². The Labute approximate surface area is 147 Å². The van der Waals surface area contributed by atoms with E-state index in [2.05, 4.69) is 10.1 Å². The molecule has 1 fully saturated rings. The molecule has 25 heavy (non-hydrogen) atoms. The van der Waals surface area contributed by atoms with Crippen LogP contribution in [0.2, 0.25) is 0 Å². The quantitative estimate of drug-likeness (QED) is 0.791. The van der Waals surface area contributed by atoms with Gasteiger partial charge < -0.3 is 4.57 Å². The fourth-order valence-corrected chi connectivity index (χ4v) is 4.44. The molecule has 1 saturated heterocycles. The van der Waals surface area contributed by atoms with Gasteiger partial charge in [-0.25, -0.2) is 18.1 Å². The molecule has 136 valence electrons. The van der Waals surface area contributed by atoms with E-state index in [0.717, 1.165) is 5.69 Å². The maximum atomic E-state index is 12.5. The van der Waals surface area contributed by atoms with Gasteiger partial charge in [0.1, 0.15) is 0 Å². The summed E-state index contributed by atoms with van der Waals surface area (Å²) in [5.74, 6) is 0.0652. The van der Waals surface area contributed by atoms with Gasteiger partial charge in [0.15, 0.2) is 0 Å². The summed E-state index contributed by atoms with van der Waals surface area (Å²) in [6, 6.07) is 3.27. The van der Waals surface area contributed by atoms with E-state index in [1.165, 1.54) is 25.8 Å². The molecule has 0 saturated carbocycles. The predicted octanol–water partition coefficient (Wildman–Crippen LogP) is 0.595. The molecule has 9 heteroatoms. The SMILES string of the molecule is Cn1ccnc1S(=O)(=O)N1CC(Cn2nc(C(C)(C)C)ccc2=O)C1. The molecule has 1 aliphatic heterocycles. The molecular formula is C16H23N5O3S. The molecule has 0 amide bonds. The predicted molar refractivity (Wildman–Crippen MR) is 92.7 cm³/mol. The van der Waals surface area contributed by atoms with E-state index in [0.29, 0.717) is 19.6 Å². The molecule has 2 aromatic heterocycles. The molecule has 0 bridgehead atoms. The Morgan fingerprint density at radius 2 is 1.92 bits per heavy atom. The van der Waals surface area contributed by atoms with Gasteiger partial charge in [-0.2, -0.15) is 9.40 Å². The highest BCUT2D eigenvalue weighted by atomic mass is 32.2. The number of nitrogens with zero attached hydrogens (tertiary/aromatic N) is 5. The minimum atomic E-state index is -3.58. The van der Waals surface area contributed by atoms with E-state index < -0.39 is 10.0 Å². The highest BCUT2D eigenvalue weighted by Crippen LogP contribution is 2.25. The zero-order valence-corrected chi connectivity index (χ0v) is 15.7. The molecule has 3 heterocycles. The first-order valence-corrected chi connectivity index (χ1v) is 9.59. The average Bonchev–Trinajstić information content (AvgIpc) is 2.89. The van der Waals surface area contributed by atoms with Gasteiger partial charge in [-0.3, -0.25) is 4.79 Å². The van der Waals surface area contributed by atoms with Crippen molar-refractivity contribution in [1.29, 1.82) is 0 Å². The number of imidazole rings is 1. The molecule has 0 N–H and O–H groups in total. The Bertz CT molecular complexity index is 933. The molecular weight excluding hydrogens is 342 g/mol. The molecule has 3 rings (SSSR count). The molecule has 0 atom stereocenters. The van der Waals surface area contributed by atoms with Crippen molar-refractivity contribution in [3.8, 4) is 0 Å². The number of aryl methyl sites for hydroxylation is 1. The second kappa shape index (κ2) is 6.06. The van der Waals surface area contributed by atoms with Gasteiger partial charge >= 0.3 is 0 Å². The first-order chi connectivity index (χ1) is 11.6. The van der Waals surface area contributed by atoms with Gasteiger partial charge in [0.25, 0.3) is 15.6 Å². The summed E-state index contributed by atoms with van der Waals surface area (Å²) < 4.78 is 29.3. The number of rotatable bonds is 4. The average molecular weight is 365 g/mol. The fourth-order valence-electron chi connectivity index (χ4n) is 2.77. The first kappa shape index (κ1) is 17.8. The first-order valence-electron chi connectivity index (χ1n) is 8.15. The van der Waals surface area contributed by atoms with Crippen LogP contribution in [-0.4, -0.2) is 45.1 Å². The fraction of sp³-hybridized carbons (Fsp3) is 0.562. The molecule has 0 radical (unpaired) electrons. The third kappa shape index (κ3) is 3.38. The maximum Gasteiger partial charge on any atom is 0.277 e. The van der Waals surface area contributed by atoms with Crippen molar-refractivity contribution in [1.82, 2.24) is 23.6 Å². The second-order valence-electron chi connectivity index (χ2n) is 7.50. The maximum absolute atomic E-state index is 12.5. The third-order valence-electron chi connectivity index (χ3n) is 4.34. The lowest BCUT2D eigenvalue weighted by molar-refractivity contribution is 0.170. The van der Waals surface area contributed by atoms with E-state index in [4.69, 9.17) is 0 Å². The molecule has 0 aromatic carbocycles. The van der Waals surface area contributed by atoms with Crippen molar-refractivity contribution >= 4 is 10.0 Å². The zero-order chi connectivity index (χ0) is 18.4. The van der Waals surface area contributed by atoms with E-state index in [1.807, 2.05) is 20.8 Å². The molecule has 0 spiro atoms. The summed E-state index contributed by atoms with van der Waals surface area (Å²) in [6.45, 7) is 7.25. The van der Waals surface area contributed by atoms with Crippen LogP contribution >= 0.6 is 0 Å². The number of hydrogen-bond acceptors (Lipinski definition) is 5. The Hall–Kier alpha value is -2.00. The smallest absolute Gasteiger partial charge is 0.277 e. The standard InChI is InChI=1S/C16H23N5O3S/c1-16(2,3)13-5-6-14(22)21(18-13)11-12-9-20(10-12)25(23,24)15-17-7-8-19(15)4/h5-8,12H,9-11H2,1-4H3. The Kier molecular flexibility index (Phi) is 4.32. The van der Waals surface area contributed by atoms with Crippen LogP contribution in [0.25, 0.3) is 0 Å². The zero-order valence-electron chi connectivity index (χ0n) is 14.9. The van der Waals surface area contributed by atoms with Crippen LogP contribution in [0.3, 0.4) is 0 Å². The van der Waals surface area contributed by atoms with Crippen LogP contribution in [0.5, 0.6) is 0 Å². The minimum absolute atomic E-state index is 0.0379. The van der Waals surface area contributed by atoms with E-state index >= 15 is 0 Å². The number of sulfonamides is 1. The summed E-state index contributed by atoms with van der Waals surface area (Å²) in [5.41, 5.74) is 0.519. The van der Waals surface area contributed by atoms with Crippen molar-refractivity contribution in [3.63, 3.8) is 0 Å². The molecule has 0 aliphatic carbocycles. The number of hydrogen-bond donors (Lipinski definition) is 0. The van der Waals surface area contributed by atoms with Crippen LogP contribution in [0, 0.1) is 5.92 Å². The Morgan fingerprint density at radius 3 is 2.48 bits per heavy atom. The van der Waals surface area contributed by atoms with Crippen LogP contribution in [0.1, 0.15) is 26.5 Å².